The maximum Gasteiger partial charge on any atom is 0.333 e. The molecule has 0 saturated heterocycles. The molecule has 2 aromatic carbocycles. The van der Waals surface area contributed by atoms with Crippen molar-refractivity contribution in [3.05, 3.63) is 100.0 Å². The lowest BCUT2D eigenvalue weighted by atomic mass is 10.00. The van der Waals surface area contributed by atoms with Crippen LogP contribution in [0, 0.1) is 0 Å². The van der Waals surface area contributed by atoms with Crippen LogP contribution in [0.25, 0.3) is 28.2 Å². The van der Waals surface area contributed by atoms with Gasteiger partial charge in [0.2, 0.25) is 5.82 Å². The van der Waals surface area contributed by atoms with E-state index in [-0.39, 0.29) is 11.5 Å². The first-order chi connectivity index (χ1) is 19.0. The summed E-state index contributed by atoms with van der Waals surface area (Å²) in [7, 11) is 0. The van der Waals surface area contributed by atoms with Crippen LogP contribution in [0.2, 0.25) is 0 Å². The van der Waals surface area contributed by atoms with E-state index >= 15 is 0 Å². The van der Waals surface area contributed by atoms with Gasteiger partial charge >= 0.3 is 5.69 Å². The molecule has 0 aliphatic rings. The van der Waals surface area contributed by atoms with Crippen molar-refractivity contribution in [2.45, 2.75) is 53.0 Å². The number of Topliss-reactive ketones (excluding diaryl/α,β-unsaturated/α-hetero) is 1. The van der Waals surface area contributed by atoms with Crippen molar-refractivity contribution in [3.63, 3.8) is 0 Å². The zero-order valence-electron chi connectivity index (χ0n) is 22.4. The molecule has 0 aliphatic heterocycles. The molecule has 0 radical (unpaired) electrons. The number of nitrogens with one attached hydrogen (secondary N) is 1. The highest BCUT2D eigenvalue weighted by Gasteiger charge is 2.19. The Balaban J connectivity index is 1.53. The Hall–Kier alpha value is -4.66. The monoisotopic (exact) mass is 521 g/mol. The van der Waals surface area contributed by atoms with Crippen LogP contribution >= 0.6 is 0 Å². The van der Waals surface area contributed by atoms with Crippen LogP contribution in [0.4, 0.5) is 0 Å². The van der Waals surface area contributed by atoms with Gasteiger partial charge in [-0.2, -0.15) is 5.21 Å². The fraction of sp³-hybridized carbons (Fsp3) is 0.267. The topological polar surface area (TPSA) is 111 Å². The highest BCUT2D eigenvalue weighted by molar-refractivity contribution is 5.98. The molecule has 0 unspecified atom stereocenters. The van der Waals surface area contributed by atoms with Crippen LogP contribution in [-0.2, 0) is 19.4 Å². The molecule has 5 rings (SSSR count). The Bertz CT molecular complexity index is 1650. The number of hydrogen-bond donors (Lipinski definition) is 1. The largest absolute Gasteiger partial charge is 0.333 e. The second-order valence-electron chi connectivity index (χ2n) is 9.54. The van der Waals surface area contributed by atoms with Gasteiger partial charge in [0.05, 0.1) is 12.2 Å². The van der Waals surface area contributed by atoms with Crippen LogP contribution < -0.4 is 5.69 Å². The number of para-hydroxylation sites is 1. The second kappa shape index (κ2) is 11.4. The molecule has 9 nitrogen and oxygen atoms in total. The molecule has 0 bridgehead atoms. The highest BCUT2D eigenvalue weighted by Crippen LogP contribution is 2.29. The lowest BCUT2D eigenvalue weighted by molar-refractivity contribution is 0.101. The predicted molar refractivity (Wildman–Crippen MR) is 150 cm³/mol. The molecule has 0 saturated carbocycles. The van der Waals surface area contributed by atoms with Crippen molar-refractivity contribution in [3.8, 4) is 28.2 Å². The van der Waals surface area contributed by atoms with E-state index in [4.69, 9.17) is 0 Å². The van der Waals surface area contributed by atoms with Crippen LogP contribution in [0.3, 0.4) is 0 Å². The smallest absolute Gasteiger partial charge is 0.294 e. The lowest BCUT2D eigenvalue weighted by Crippen LogP contribution is -2.26. The Morgan fingerprint density at radius 3 is 2.54 bits per heavy atom. The molecule has 3 heterocycles. The van der Waals surface area contributed by atoms with E-state index in [0.29, 0.717) is 23.6 Å². The average Bonchev–Trinajstić information content (AvgIpc) is 3.61. The highest BCUT2D eigenvalue weighted by atomic mass is 16.2. The molecular formula is C30H31N7O2. The molecule has 39 heavy (non-hydrogen) atoms. The Kier molecular flexibility index (Phi) is 7.58. The van der Waals surface area contributed by atoms with Gasteiger partial charge in [0.25, 0.3) is 0 Å². The second-order valence-corrected chi connectivity index (χ2v) is 9.54. The van der Waals surface area contributed by atoms with E-state index in [9.17, 15) is 9.59 Å². The third-order valence-corrected chi connectivity index (χ3v) is 6.98. The number of aromatic nitrogens is 7. The molecule has 5 aromatic rings. The van der Waals surface area contributed by atoms with E-state index < -0.39 is 0 Å². The van der Waals surface area contributed by atoms with Crippen LogP contribution in [-0.4, -0.2) is 40.5 Å². The molecule has 0 fully saturated rings. The minimum atomic E-state index is -0.137. The van der Waals surface area contributed by atoms with Gasteiger partial charge in [-0.15, -0.1) is 10.2 Å². The molecule has 0 atom stereocenters. The first kappa shape index (κ1) is 26.0. The number of benzene rings is 2. The van der Waals surface area contributed by atoms with Gasteiger partial charge in [0.1, 0.15) is 0 Å². The zero-order chi connectivity index (χ0) is 27.4. The van der Waals surface area contributed by atoms with Gasteiger partial charge in [-0.1, -0.05) is 56.7 Å². The molecule has 0 spiro atoms. The standard InChI is InChI=1S/C30H31N7O2/c1-4-6-9-24-19-37(28-22(5-2)8-7-10-25(28)20(3)38)30(39)36(24)18-21-11-13-23(14-12-21)26-15-16-31-17-27(26)29-32-34-35-33-29/h7-8,10-17,19H,4-6,9,18H2,1-3H3,(H,32,33,34,35). The molecule has 0 amide bonds. The van der Waals surface area contributed by atoms with Crippen molar-refractivity contribution in [1.29, 1.82) is 0 Å². The van der Waals surface area contributed by atoms with Crippen LogP contribution in [0.15, 0.2) is 71.9 Å². The SMILES string of the molecule is CCCCc1cn(-c2c(CC)cccc2C(C)=O)c(=O)n1Cc1ccc(-c2ccncc2-c2nn[nH]n2)cc1. The molecule has 1 N–H and O–H groups in total. The number of tetrazole rings is 1. The summed E-state index contributed by atoms with van der Waals surface area (Å²) in [5.74, 6) is 0.426. The van der Waals surface area contributed by atoms with Crippen molar-refractivity contribution in [2.24, 2.45) is 0 Å². The average molecular weight is 522 g/mol. The Morgan fingerprint density at radius 1 is 1.03 bits per heavy atom. The summed E-state index contributed by atoms with van der Waals surface area (Å²) in [5, 5.41) is 14.3. The van der Waals surface area contributed by atoms with Gasteiger partial charge in [-0.25, -0.2) is 4.79 Å². The van der Waals surface area contributed by atoms with E-state index in [2.05, 4.69) is 32.5 Å². The van der Waals surface area contributed by atoms with E-state index in [1.165, 1.54) is 0 Å². The summed E-state index contributed by atoms with van der Waals surface area (Å²) in [5.41, 5.74) is 6.76. The van der Waals surface area contributed by atoms with Gasteiger partial charge in [0, 0.05) is 35.4 Å². The number of rotatable bonds is 10. The van der Waals surface area contributed by atoms with Gasteiger partial charge < -0.3 is 0 Å². The quantitative estimate of drug-likeness (QED) is 0.258. The van der Waals surface area contributed by atoms with Gasteiger partial charge in [-0.05, 0) is 65.8 Å². The minimum absolute atomic E-state index is 0.0538. The summed E-state index contributed by atoms with van der Waals surface area (Å²) >= 11 is 0. The first-order valence-electron chi connectivity index (χ1n) is 13.2. The molecule has 9 heteroatoms. The zero-order valence-corrected chi connectivity index (χ0v) is 22.4. The summed E-state index contributed by atoms with van der Waals surface area (Å²) in [6, 6.07) is 15.7. The van der Waals surface area contributed by atoms with E-state index in [1.807, 2.05) is 60.2 Å². The summed E-state index contributed by atoms with van der Waals surface area (Å²) in [4.78, 5) is 30.6. The van der Waals surface area contributed by atoms with Crippen molar-refractivity contribution < 1.29 is 4.79 Å². The number of hydrogen-bond acceptors (Lipinski definition) is 6. The van der Waals surface area contributed by atoms with Crippen molar-refractivity contribution in [1.82, 2.24) is 34.7 Å². The number of nitrogens with zero attached hydrogens (tertiary/aromatic N) is 6. The number of unbranched alkanes of at least 4 members (excludes halogenated alkanes) is 1. The van der Waals surface area contributed by atoms with E-state index in [0.717, 1.165) is 59.2 Å². The van der Waals surface area contributed by atoms with Crippen LogP contribution in [0.5, 0.6) is 0 Å². The van der Waals surface area contributed by atoms with E-state index in [1.54, 1.807) is 30.0 Å². The maximum absolute atomic E-state index is 13.9. The van der Waals surface area contributed by atoms with Crippen molar-refractivity contribution in [2.75, 3.05) is 0 Å². The first-order valence-corrected chi connectivity index (χ1v) is 13.2. The maximum atomic E-state index is 13.9. The number of aryl methyl sites for hydroxylation is 2. The third-order valence-electron chi connectivity index (χ3n) is 6.98. The Labute approximate surface area is 226 Å². The number of H-pyrrole nitrogens is 1. The fourth-order valence-corrected chi connectivity index (χ4v) is 4.93. The lowest BCUT2D eigenvalue weighted by Gasteiger charge is -2.12. The third kappa shape index (κ3) is 5.20. The fourth-order valence-electron chi connectivity index (χ4n) is 4.93. The van der Waals surface area contributed by atoms with Gasteiger partial charge in [0.15, 0.2) is 5.78 Å². The number of carbonyl (C=O) groups excluding carboxylic acids is 1. The normalized spacial score (nSPS) is 11.2. The van der Waals surface area contributed by atoms with Crippen LogP contribution in [0.1, 0.15) is 60.8 Å². The number of carbonyl (C=O) groups is 1. The summed E-state index contributed by atoms with van der Waals surface area (Å²) in [6.45, 7) is 6.16. The molecule has 198 valence electrons. The molecular weight excluding hydrogens is 490 g/mol. The number of imidazole rings is 1. The Morgan fingerprint density at radius 2 is 1.85 bits per heavy atom. The summed E-state index contributed by atoms with van der Waals surface area (Å²) < 4.78 is 3.50. The summed E-state index contributed by atoms with van der Waals surface area (Å²) in [6.07, 6.45) is 8.87. The molecule has 0 aliphatic carbocycles. The number of ketones is 1. The predicted octanol–water partition coefficient (Wildman–Crippen LogP) is 5.04. The van der Waals surface area contributed by atoms with Gasteiger partial charge in [-0.3, -0.25) is 18.9 Å². The minimum Gasteiger partial charge on any atom is -0.294 e. The number of aromatic amines is 1. The van der Waals surface area contributed by atoms with Crippen molar-refractivity contribution >= 4 is 5.78 Å². The molecule has 3 aromatic heterocycles. The number of pyridine rings is 1.